The summed E-state index contributed by atoms with van der Waals surface area (Å²) < 4.78 is 2.46. The van der Waals surface area contributed by atoms with Crippen molar-refractivity contribution >= 4 is 38.9 Å². The molecule has 7 rings (SSSR count). The van der Waals surface area contributed by atoms with Crippen molar-refractivity contribution in [2.24, 2.45) is 0 Å². The number of allylic oxidation sites excluding steroid dienone is 10. The summed E-state index contributed by atoms with van der Waals surface area (Å²) >= 11 is 0. The molecule has 1 heterocycles. The third-order valence-corrected chi connectivity index (χ3v) is 9.15. The number of anilines is 2. The highest BCUT2D eigenvalue weighted by molar-refractivity contribution is 6.10. The van der Waals surface area contributed by atoms with E-state index in [0.717, 1.165) is 25.7 Å². The molecule has 4 aromatic carbocycles. The van der Waals surface area contributed by atoms with Gasteiger partial charge < -0.3 is 9.47 Å². The standard InChI is InChI=1S/C41H38N2/c1-29-21-24-35(43-40-19-11-8-16-37(40)38-17-9-12-20-41(38)43)25-22-32(29)28-33-23-26-36(27-31(33)3)42(34-14-5-4-6-15-34)39-18-10-7-13-30(39)2/h4-22,25,27H,23-24,26,28H2,1-3H3. The number of aromatic nitrogens is 1. The molecule has 0 saturated heterocycles. The minimum absolute atomic E-state index is 0.916. The van der Waals surface area contributed by atoms with E-state index >= 15 is 0 Å². The van der Waals surface area contributed by atoms with Gasteiger partial charge in [-0.3, -0.25) is 0 Å². The highest BCUT2D eigenvalue weighted by Crippen LogP contribution is 2.40. The number of aryl methyl sites for hydroxylation is 1. The van der Waals surface area contributed by atoms with Crippen LogP contribution in [0.4, 0.5) is 11.4 Å². The van der Waals surface area contributed by atoms with Crippen molar-refractivity contribution in [2.45, 2.75) is 46.5 Å². The maximum Gasteiger partial charge on any atom is 0.0537 e. The lowest BCUT2D eigenvalue weighted by atomic mass is 9.88. The summed E-state index contributed by atoms with van der Waals surface area (Å²) in [6.45, 7) is 6.78. The van der Waals surface area contributed by atoms with Gasteiger partial charge in [0.2, 0.25) is 0 Å². The summed E-state index contributed by atoms with van der Waals surface area (Å²) in [7, 11) is 0. The molecule has 0 atom stereocenters. The molecular weight excluding hydrogens is 520 g/mol. The van der Waals surface area contributed by atoms with E-state index in [1.807, 2.05) is 0 Å². The zero-order valence-corrected chi connectivity index (χ0v) is 25.3. The Labute approximate surface area is 255 Å². The van der Waals surface area contributed by atoms with Crippen molar-refractivity contribution in [1.82, 2.24) is 4.57 Å². The van der Waals surface area contributed by atoms with Gasteiger partial charge in [0.15, 0.2) is 0 Å². The summed E-state index contributed by atoms with van der Waals surface area (Å²) in [5.41, 5.74) is 14.7. The van der Waals surface area contributed by atoms with E-state index in [-0.39, 0.29) is 0 Å². The fourth-order valence-electron chi connectivity index (χ4n) is 6.77. The molecule has 2 nitrogen and oxygen atoms in total. The number of nitrogens with zero attached hydrogens (tertiary/aromatic N) is 2. The lowest BCUT2D eigenvalue weighted by molar-refractivity contribution is 0.827. The molecular formula is C41H38N2. The van der Waals surface area contributed by atoms with Gasteiger partial charge in [0.05, 0.1) is 11.0 Å². The Kier molecular flexibility index (Phi) is 7.20. The molecule has 0 saturated carbocycles. The third-order valence-electron chi connectivity index (χ3n) is 9.15. The zero-order chi connectivity index (χ0) is 29.3. The van der Waals surface area contributed by atoms with Crippen molar-refractivity contribution in [1.29, 1.82) is 0 Å². The van der Waals surface area contributed by atoms with E-state index in [4.69, 9.17) is 0 Å². The first-order chi connectivity index (χ1) is 21.1. The molecule has 2 aliphatic rings. The van der Waals surface area contributed by atoms with Crippen LogP contribution in [0.1, 0.15) is 45.1 Å². The van der Waals surface area contributed by atoms with Gasteiger partial charge in [-0.25, -0.2) is 0 Å². The van der Waals surface area contributed by atoms with Gasteiger partial charge in [-0.15, -0.1) is 0 Å². The highest BCUT2D eigenvalue weighted by Gasteiger charge is 2.21. The van der Waals surface area contributed by atoms with Gasteiger partial charge in [0.1, 0.15) is 0 Å². The van der Waals surface area contributed by atoms with Crippen molar-refractivity contribution in [2.75, 3.05) is 4.90 Å². The summed E-state index contributed by atoms with van der Waals surface area (Å²) in [6.07, 6.45) is 13.6. The smallest absolute Gasteiger partial charge is 0.0537 e. The van der Waals surface area contributed by atoms with Gasteiger partial charge in [-0.1, -0.05) is 96.1 Å². The number of para-hydroxylation sites is 4. The van der Waals surface area contributed by atoms with Crippen LogP contribution in [0.3, 0.4) is 0 Å². The Morgan fingerprint density at radius 2 is 1.33 bits per heavy atom. The minimum atomic E-state index is 0.916. The van der Waals surface area contributed by atoms with E-state index in [1.165, 1.54) is 72.4 Å². The van der Waals surface area contributed by atoms with E-state index in [9.17, 15) is 0 Å². The van der Waals surface area contributed by atoms with Crippen molar-refractivity contribution in [3.05, 3.63) is 161 Å². The molecule has 0 amide bonds. The maximum atomic E-state index is 2.46. The summed E-state index contributed by atoms with van der Waals surface area (Å²) in [6, 6.07) is 37.1. The molecule has 0 N–H and O–H groups in total. The first-order valence-corrected chi connectivity index (χ1v) is 15.4. The fraction of sp³-hybridized carbons (Fsp3) is 0.171. The predicted octanol–water partition coefficient (Wildman–Crippen LogP) is 11.4. The van der Waals surface area contributed by atoms with Crippen LogP contribution in [-0.2, 0) is 0 Å². The first-order valence-electron chi connectivity index (χ1n) is 15.4. The Bertz CT molecular complexity index is 1940. The van der Waals surface area contributed by atoms with Gasteiger partial charge in [0, 0.05) is 40.0 Å². The summed E-state index contributed by atoms with van der Waals surface area (Å²) in [5, 5.41) is 2.63. The molecule has 0 fully saturated rings. The quantitative estimate of drug-likeness (QED) is 0.201. The van der Waals surface area contributed by atoms with Crippen molar-refractivity contribution in [3.8, 4) is 0 Å². The molecule has 2 heteroatoms. The number of rotatable bonds is 6. The Balaban J connectivity index is 1.23. The first kappa shape index (κ1) is 27.0. The van der Waals surface area contributed by atoms with Crippen LogP contribution in [0.25, 0.3) is 27.5 Å². The lowest BCUT2D eigenvalue weighted by Crippen LogP contribution is -2.19. The second-order valence-corrected chi connectivity index (χ2v) is 11.9. The number of benzene rings is 4. The van der Waals surface area contributed by atoms with Gasteiger partial charge in [0.25, 0.3) is 0 Å². The fourth-order valence-corrected chi connectivity index (χ4v) is 6.77. The van der Waals surface area contributed by atoms with E-state index in [1.54, 1.807) is 0 Å². The molecule has 0 unspecified atom stereocenters. The largest absolute Gasteiger partial charge is 0.314 e. The maximum absolute atomic E-state index is 2.46. The second kappa shape index (κ2) is 11.5. The van der Waals surface area contributed by atoms with Crippen LogP contribution < -0.4 is 4.90 Å². The molecule has 43 heavy (non-hydrogen) atoms. The predicted molar refractivity (Wildman–Crippen MR) is 185 cm³/mol. The zero-order valence-electron chi connectivity index (χ0n) is 25.3. The highest BCUT2D eigenvalue weighted by atomic mass is 15.2. The van der Waals surface area contributed by atoms with Crippen LogP contribution >= 0.6 is 0 Å². The Hall–Kier alpha value is -4.82. The molecule has 212 valence electrons. The Morgan fingerprint density at radius 3 is 2.02 bits per heavy atom. The van der Waals surface area contributed by atoms with Crippen LogP contribution in [0.15, 0.2) is 155 Å². The molecule has 0 spiro atoms. The van der Waals surface area contributed by atoms with Gasteiger partial charge >= 0.3 is 0 Å². The molecule has 5 aromatic rings. The number of fused-ring (bicyclic) bond motifs is 3. The number of hydrogen-bond acceptors (Lipinski definition) is 1. The monoisotopic (exact) mass is 558 g/mol. The van der Waals surface area contributed by atoms with Gasteiger partial charge in [-0.2, -0.15) is 0 Å². The normalized spacial score (nSPS) is 15.6. The molecule has 1 aromatic heterocycles. The third kappa shape index (κ3) is 5.08. The van der Waals surface area contributed by atoms with Crippen LogP contribution in [0, 0.1) is 6.92 Å². The SMILES string of the molecule is CC1=CCC(n2c3ccccc3c3ccccc32)=CC=C1CC1=C(C)C=C(N(c2ccccc2)c2ccccc2C)CC1. The summed E-state index contributed by atoms with van der Waals surface area (Å²) in [4.78, 5) is 2.45. The Morgan fingerprint density at radius 1 is 0.674 bits per heavy atom. The van der Waals surface area contributed by atoms with Crippen molar-refractivity contribution in [3.63, 3.8) is 0 Å². The average molecular weight is 559 g/mol. The lowest BCUT2D eigenvalue weighted by Gasteiger charge is -2.32. The van der Waals surface area contributed by atoms with E-state index in [2.05, 4.69) is 158 Å². The topological polar surface area (TPSA) is 8.17 Å². The van der Waals surface area contributed by atoms with Crippen LogP contribution in [0.5, 0.6) is 0 Å². The van der Waals surface area contributed by atoms with Gasteiger partial charge in [-0.05, 0) is 99.2 Å². The molecule has 0 bridgehead atoms. The van der Waals surface area contributed by atoms with E-state index in [0.29, 0.717) is 0 Å². The molecule has 0 radical (unpaired) electrons. The van der Waals surface area contributed by atoms with Crippen LogP contribution in [-0.4, -0.2) is 4.57 Å². The van der Waals surface area contributed by atoms with Crippen molar-refractivity contribution < 1.29 is 0 Å². The second-order valence-electron chi connectivity index (χ2n) is 11.9. The molecule has 0 aliphatic heterocycles. The summed E-state index contributed by atoms with van der Waals surface area (Å²) in [5.74, 6) is 0. The molecule has 2 aliphatic carbocycles. The minimum Gasteiger partial charge on any atom is -0.314 e. The van der Waals surface area contributed by atoms with Crippen LogP contribution in [0.2, 0.25) is 0 Å². The number of hydrogen-bond donors (Lipinski definition) is 0. The van der Waals surface area contributed by atoms with E-state index < -0.39 is 0 Å². The average Bonchev–Trinajstić information content (AvgIpc) is 3.26.